The molecule has 0 amide bonds. The van der Waals surface area contributed by atoms with Crippen LogP contribution in [0.5, 0.6) is 5.75 Å². The van der Waals surface area contributed by atoms with Gasteiger partial charge in [-0.2, -0.15) is 0 Å². The number of carbonyl (C=O) groups is 2. The monoisotopic (exact) mass is 714 g/mol. The van der Waals surface area contributed by atoms with Gasteiger partial charge in [0.1, 0.15) is 29.2 Å². The lowest BCUT2D eigenvalue weighted by molar-refractivity contribution is -0.151. The zero-order valence-corrected chi connectivity index (χ0v) is 34.1. The summed E-state index contributed by atoms with van der Waals surface area (Å²) in [5.41, 5.74) is 1.02. The fraction of sp³-hybridized carbons (Fsp3) is 0.641. The van der Waals surface area contributed by atoms with Gasteiger partial charge in [0.2, 0.25) is 0 Å². The zero-order valence-electron chi connectivity index (χ0n) is 32.1. The van der Waals surface area contributed by atoms with Crippen molar-refractivity contribution >= 4 is 28.4 Å². The van der Waals surface area contributed by atoms with Crippen LogP contribution in [0.15, 0.2) is 54.6 Å². The second-order valence-corrected chi connectivity index (χ2v) is 26.3. The predicted octanol–water partition coefficient (Wildman–Crippen LogP) is 8.88. The summed E-state index contributed by atoms with van der Waals surface area (Å²) in [6.07, 6.45) is -0.658. The molecule has 4 atom stereocenters. The molecule has 8 nitrogen and oxygen atoms in total. The molecule has 0 N–H and O–H groups in total. The highest BCUT2D eigenvalue weighted by molar-refractivity contribution is 6.74. The molecule has 0 saturated carbocycles. The van der Waals surface area contributed by atoms with Gasteiger partial charge < -0.3 is 27.8 Å². The molecule has 0 radical (unpaired) electrons. The molecular weight excluding hydrogens is 653 g/mol. The maximum Gasteiger partial charge on any atom is 0.317 e. The van der Waals surface area contributed by atoms with Crippen molar-refractivity contribution < 1.29 is 37.4 Å². The Kier molecular flexibility index (Phi) is 14.1. The lowest BCUT2D eigenvalue weighted by atomic mass is 9.83. The molecule has 274 valence electrons. The minimum Gasteiger partial charge on any atom is -0.497 e. The van der Waals surface area contributed by atoms with Gasteiger partial charge in [0, 0.05) is 12.8 Å². The molecule has 2 aromatic rings. The Morgan fingerprint density at radius 2 is 1.43 bits per heavy atom. The summed E-state index contributed by atoms with van der Waals surface area (Å²) in [5, 5.41) is -0.0935. The first-order valence-electron chi connectivity index (χ1n) is 17.6. The maximum absolute atomic E-state index is 13.7. The van der Waals surface area contributed by atoms with Crippen LogP contribution < -0.4 is 4.74 Å². The Labute approximate surface area is 297 Å². The number of hydrogen-bond acceptors (Lipinski definition) is 8. The molecule has 1 aliphatic heterocycles. The highest BCUT2D eigenvalue weighted by atomic mass is 28.4. The van der Waals surface area contributed by atoms with Gasteiger partial charge in [0.25, 0.3) is 0 Å². The average Bonchev–Trinajstić information content (AvgIpc) is 3.23. The summed E-state index contributed by atoms with van der Waals surface area (Å²) in [5.74, 6) is 0.425. The first-order valence-corrected chi connectivity index (χ1v) is 23.4. The van der Waals surface area contributed by atoms with E-state index in [0.717, 1.165) is 16.9 Å². The van der Waals surface area contributed by atoms with Gasteiger partial charge in [-0.15, -0.1) is 0 Å². The standard InChI is InChI=1S/C39H62O8Si2/c1-37(2,3)48(9,10)46-33(27-43-25-30-18-21-32(42-8)22-19-30)23-20-31(40)24-34-35(47-49(11,12)38(4,5)6)39(7,36(41)45-34)28-44-26-29-16-14-13-15-17-29/h13-19,21-22,33-35H,20,23-28H2,1-12H3/t33-,34+,35-,39+/m1/s1. The molecule has 0 unspecified atom stereocenters. The molecule has 10 heteroatoms. The van der Waals surface area contributed by atoms with E-state index in [1.807, 2.05) is 61.5 Å². The zero-order chi connectivity index (χ0) is 36.7. The number of cyclic esters (lactones) is 1. The average molecular weight is 715 g/mol. The molecule has 2 aromatic carbocycles. The molecule has 0 bridgehead atoms. The third-order valence-electron chi connectivity index (χ3n) is 10.6. The minimum absolute atomic E-state index is 0.00460. The van der Waals surface area contributed by atoms with Crippen molar-refractivity contribution in [3.63, 3.8) is 0 Å². The van der Waals surface area contributed by atoms with E-state index in [1.165, 1.54) is 0 Å². The molecule has 0 spiro atoms. The van der Waals surface area contributed by atoms with Gasteiger partial charge in [-0.25, -0.2) is 0 Å². The minimum atomic E-state index is -2.35. The quantitative estimate of drug-likeness (QED) is 0.112. The highest BCUT2D eigenvalue weighted by Crippen LogP contribution is 2.45. The number of Topliss-reactive ketones (excluding diaryl/α,β-unsaturated/α-hetero) is 1. The van der Waals surface area contributed by atoms with Crippen molar-refractivity contribution in [2.75, 3.05) is 20.3 Å². The molecule has 1 heterocycles. The van der Waals surface area contributed by atoms with Crippen LogP contribution in [-0.4, -0.2) is 67.0 Å². The van der Waals surface area contributed by atoms with E-state index in [4.69, 9.17) is 27.8 Å². The van der Waals surface area contributed by atoms with E-state index in [2.05, 4.69) is 67.7 Å². The summed E-state index contributed by atoms with van der Waals surface area (Å²) in [6, 6.07) is 17.7. The number of methoxy groups -OCH3 is 1. The fourth-order valence-corrected chi connectivity index (χ4v) is 8.03. The SMILES string of the molecule is COc1ccc(COC[C@@H](CCC(=O)C[C@@H]2OC(=O)[C@@](C)(COCc3ccccc3)[C@@H]2O[Si](C)(C)C(C)(C)C)O[Si](C)(C)C(C)(C)C)cc1. The maximum atomic E-state index is 13.7. The van der Waals surface area contributed by atoms with Gasteiger partial charge in [-0.1, -0.05) is 84.0 Å². The number of carbonyl (C=O) groups excluding carboxylic acids is 2. The number of benzene rings is 2. The van der Waals surface area contributed by atoms with Crippen LogP contribution in [0, 0.1) is 5.41 Å². The highest BCUT2D eigenvalue weighted by Gasteiger charge is 2.58. The van der Waals surface area contributed by atoms with Crippen LogP contribution in [0.4, 0.5) is 0 Å². The summed E-state index contributed by atoms with van der Waals surface area (Å²) < 4.78 is 37.2. The number of rotatable bonds is 18. The van der Waals surface area contributed by atoms with E-state index in [-0.39, 0.29) is 47.4 Å². The second kappa shape index (κ2) is 16.8. The summed E-state index contributed by atoms with van der Waals surface area (Å²) in [6.45, 7) is 25.0. The second-order valence-electron chi connectivity index (χ2n) is 16.8. The van der Waals surface area contributed by atoms with E-state index >= 15 is 0 Å². The van der Waals surface area contributed by atoms with Gasteiger partial charge >= 0.3 is 5.97 Å². The van der Waals surface area contributed by atoms with Crippen LogP contribution in [0.2, 0.25) is 36.3 Å². The smallest absolute Gasteiger partial charge is 0.317 e. The number of esters is 1. The first kappa shape index (κ1) is 41.1. The van der Waals surface area contributed by atoms with Crippen LogP contribution in [0.1, 0.15) is 78.9 Å². The molecule has 0 aliphatic carbocycles. The van der Waals surface area contributed by atoms with Crippen molar-refractivity contribution in [3.8, 4) is 5.75 Å². The lowest BCUT2D eigenvalue weighted by Crippen LogP contribution is -2.52. The van der Waals surface area contributed by atoms with Crippen molar-refractivity contribution in [2.24, 2.45) is 5.41 Å². The van der Waals surface area contributed by atoms with E-state index < -0.39 is 34.3 Å². The van der Waals surface area contributed by atoms with Crippen LogP contribution in [0.3, 0.4) is 0 Å². The molecule has 3 rings (SSSR count). The van der Waals surface area contributed by atoms with Gasteiger partial charge in [-0.05, 0) is 72.9 Å². The molecule has 1 fully saturated rings. The van der Waals surface area contributed by atoms with E-state index in [0.29, 0.717) is 26.2 Å². The van der Waals surface area contributed by atoms with Crippen molar-refractivity contribution in [1.29, 1.82) is 0 Å². The van der Waals surface area contributed by atoms with Crippen molar-refractivity contribution in [1.82, 2.24) is 0 Å². The first-order chi connectivity index (χ1) is 22.7. The van der Waals surface area contributed by atoms with Gasteiger partial charge in [-0.3, -0.25) is 9.59 Å². The summed E-state index contributed by atoms with van der Waals surface area (Å²) in [7, 11) is -2.85. The number of ketones is 1. The third-order valence-corrected chi connectivity index (χ3v) is 19.6. The molecule has 1 saturated heterocycles. The van der Waals surface area contributed by atoms with Crippen LogP contribution in [-0.2, 0) is 45.9 Å². The Morgan fingerprint density at radius 1 is 0.857 bits per heavy atom. The van der Waals surface area contributed by atoms with Gasteiger partial charge in [0.15, 0.2) is 16.6 Å². The summed E-state index contributed by atoms with van der Waals surface area (Å²) in [4.78, 5) is 27.2. The fourth-order valence-electron chi connectivity index (χ4n) is 5.25. The van der Waals surface area contributed by atoms with Crippen molar-refractivity contribution in [3.05, 3.63) is 65.7 Å². The molecule has 0 aromatic heterocycles. The predicted molar refractivity (Wildman–Crippen MR) is 200 cm³/mol. The van der Waals surface area contributed by atoms with Crippen molar-refractivity contribution in [2.45, 2.75) is 136 Å². The lowest BCUT2D eigenvalue weighted by Gasteiger charge is -2.42. The van der Waals surface area contributed by atoms with Gasteiger partial charge in [0.05, 0.1) is 39.6 Å². The van der Waals surface area contributed by atoms with Crippen LogP contribution >= 0.6 is 0 Å². The molecular formula is C39H62O8Si2. The topological polar surface area (TPSA) is 89.5 Å². The molecule has 1 aliphatic rings. The van der Waals surface area contributed by atoms with Crippen LogP contribution in [0.25, 0.3) is 0 Å². The Balaban J connectivity index is 1.72. The normalized spacial score (nSPS) is 21.0. The Hall–Kier alpha value is -2.35. The Morgan fingerprint density at radius 3 is 2.00 bits per heavy atom. The van der Waals surface area contributed by atoms with E-state index in [9.17, 15) is 9.59 Å². The Bertz CT molecular complexity index is 1350. The molecule has 49 heavy (non-hydrogen) atoms. The number of hydrogen-bond donors (Lipinski definition) is 0. The third kappa shape index (κ3) is 11.3. The summed E-state index contributed by atoms with van der Waals surface area (Å²) >= 11 is 0. The largest absolute Gasteiger partial charge is 0.497 e. The number of ether oxygens (including phenoxy) is 4. The van der Waals surface area contributed by atoms with E-state index in [1.54, 1.807) is 7.11 Å².